The maximum absolute atomic E-state index is 12.9. The number of benzene rings is 3. The van der Waals surface area contributed by atoms with Gasteiger partial charge in [-0.2, -0.15) is 0 Å². The molecule has 0 saturated heterocycles. The van der Waals surface area contributed by atoms with Crippen molar-refractivity contribution in [1.29, 1.82) is 0 Å². The van der Waals surface area contributed by atoms with Gasteiger partial charge in [-0.05, 0) is 62.0 Å². The molecule has 0 saturated carbocycles. The molecule has 0 radical (unpaired) electrons. The van der Waals surface area contributed by atoms with Gasteiger partial charge in [0, 0.05) is 24.8 Å². The molecule has 1 N–H and O–H groups in total. The summed E-state index contributed by atoms with van der Waals surface area (Å²) in [5.74, 6) is 0.709. The van der Waals surface area contributed by atoms with E-state index in [-0.39, 0.29) is 11.1 Å². The Morgan fingerprint density at radius 2 is 1.59 bits per heavy atom. The van der Waals surface area contributed by atoms with Crippen LogP contribution in [0.3, 0.4) is 0 Å². The van der Waals surface area contributed by atoms with Crippen molar-refractivity contribution in [2.75, 3.05) is 27.4 Å². The van der Waals surface area contributed by atoms with Gasteiger partial charge < -0.3 is 24.0 Å². The Morgan fingerprint density at radius 1 is 0.955 bits per heavy atom. The summed E-state index contributed by atoms with van der Waals surface area (Å²) in [5, 5.41) is 5.61. The highest BCUT2D eigenvalue weighted by molar-refractivity contribution is 9.10. The fourth-order valence-corrected chi connectivity index (χ4v) is 10.6. The van der Waals surface area contributed by atoms with Crippen LogP contribution in [0.1, 0.15) is 55.4 Å². The molecule has 4 rings (SSSR count). The molecular weight excluding hydrogens is 636 g/mol. The van der Waals surface area contributed by atoms with E-state index < -0.39 is 14.3 Å². The second kappa shape index (κ2) is 15.0. The molecule has 44 heavy (non-hydrogen) atoms. The second-order valence-electron chi connectivity index (χ2n) is 11.5. The Balaban J connectivity index is 1.56. The molecule has 0 aliphatic carbocycles. The summed E-state index contributed by atoms with van der Waals surface area (Å²) in [7, 11) is 0.234. The van der Waals surface area contributed by atoms with E-state index in [0.29, 0.717) is 35.5 Å². The first-order chi connectivity index (χ1) is 21.1. The Kier molecular flexibility index (Phi) is 11.4. The number of hydrogen-bond acceptors (Lipinski definition) is 7. The lowest BCUT2D eigenvalue weighted by Gasteiger charge is -2.43. The van der Waals surface area contributed by atoms with Crippen LogP contribution in [-0.4, -0.2) is 46.6 Å². The van der Waals surface area contributed by atoms with Crippen molar-refractivity contribution in [1.82, 2.24) is 10.3 Å². The predicted molar refractivity (Wildman–Crippen MR) is 181 cm³/mol. The minimum Gasteiger partial charge on any atom is -0.497 e. The van der Waals surface area contributed by atoms with E-state index in [1.54, 1.807) is 19.4 Å². The molecule has 0 unspecified atom stereocenters. The number of rotatable bonds is 13. The van der Waals surface area contributed by atoms with Crippen molar-refractivity contribution < 1.29 is 23.4 Å². The van der Waals surface area contributed by atoms with Gasteiger partial charge in [0.15, 0.2) is 0 Å². The molecule has 0 spiro atoms. The molecule has 1 atom stereocenters. The fourth-order valence-electron chi connectivity index (χ4n) is 5.42. The van der Waals surface area contributed by atoms with Gasteiger partial charge in [-0.25, -0.2) is 4.79 Å². The van der Waals surface area contributed by atoms with Crippen LogP contribution >= 0.6 is 15.9 Å². The largest absolute Gasteiger partial charge is 0.497 e. The SMILES string of the molecule is COC(=O)c1cc(CO[Si](c2ccccc2)(c2ccccc2)C(C)(C)C)cc(Br)c1OCCN[C@@H](C)c1cc(OC)ccn1. The Hall–Kier alpha value is -3.50. The number of hydrogen-bond donors (Lipinski definition) is 1. The van der Waals surface area contributed by atoms with Gasteiger partial charge >= 0.3 is 5.97 Å². The van der Waals surface area contributed by atoms with Gasteiger partial charge in [-0.15, -0.1) is 0 Å². The molecule has 4 aromatic rings. The number of halogens is 1. The predicted octanol–water partition coefficient (Wildman–Crippen LogP) is 6.45. The molecule has 7 nitrogen and oxygen atoms in total. The van der Waals surface area contributed by atoms with Crippen LogP contribution in [0.15, 0.2) is 95.6 Å². The van der Waals surface area contributed by atoms with Crippen molar-refractivity contribution in [3.8, 4) is 11.5 Å². The van der Waals surface area contributed by atoms with Gasteiger partial charge in [0.05, 0.1) is 31.0 Å². The highest BCUT2D eigenvalue weighted by Crippen LogP contribution is 2.38. The van der Waals surface area contributed by atoms with Gasteiger partial charge in [0.2, 0.25) is 0 Å². The Bertz CT molecular complexity index is 1490. The number of pyridine rings is 1. The molecule has 0 amide bonds. The summed E-state index contributed by atoms with van der Waals surface area (Å²) in [6.45, 7) is 9.92. The average molecular weight is 678 g/mol. The van der Waals surface area contributed by atoms with Crippen LogP contribution in [0.5, 0.6) is 11.5 Å². The van der Waals surface area contributed by atoms with Gasteiger partial charge in [0.25, 0.3) is 8.32 Å². The first-order valence-electron chi connectivity index (χ1n) is 14.6. The van der Waals surface area contributed by atoms with Crippen LogP contribution in [0.2, 0.25) is 5.04 Å². The molecule has 0 aliphatic rings. The molecule has 0 aliphatic heterocycles. The minimum atomic E-state index is -2.77. The van der Waals surface area contributed by atoms with Crippen molar-refractivity contribution >= 4 is 40.6 Å². The monoisotopic (exact) mass is 676 g/mol. The van der Waals surface area contributed by atoms with Crippen molar-refractivity contribution in [3.05, 3.63) is 112 Å². The van der Waals surface area contributed by atoms with E-state index in [1.165, 1.54) is 17.5 Å². The molecule has 3 aromatic carbocycles. The third-order valence-electron chi connectivity index (χ3n) is 7.61. The van der Waals surface area contributed by atoms with Crippen molar-refractivity contribution in [2.45, 2.75) is 45.4 Å². The van der Waals surface area contributed by atoms with Crippen molar-refractivity contribution in [2.24, 2.45) is 0 Å². The first-order valence-corrected chi connectivity index (χ1v) is 17.3. The lowest BCUT2D eigenvalue weighted by molar-refractivity contribution is 0.0595. The maximum atomic E-state index is 12.9. The number of ether oxygens (including phenoxy) is 3. The Labute approximate surface area is 270 Å². The van der Waals surface area contributed by atoms with Crippen molar-refractivity contribution in [3.63, 3.8) is 0 Å². The van der Waals surface area contributed by atoms with E-state index in [1.807, 2.05) is 37.3 Å². The molecule has 0 fully saturated rings. The third-order valence-corrected chi connectivity index (χ3v) is 13.2. The van der Waals surface area contributed by atoms with Gasteiger partial charge in [-0.3, -0.25) is 4.98 Å². The van der Waals surface area contributed by atoms with Gasteiger partial charge in [-0.1, -0.05) is 81.4 Å². The van der Waals surface area contributed by atoms with Crippen LogP contribution in [0, 0.1) is 0 Å². The van der Waals surface area contributed by atoms with Gasteiger partial charge in [0.1, 0.15) is 23.7 Å². The summed E-state index contributed by atoms with van der Waals surface area (Å²) < 4.78 is 24.3. The summed E-state index contributed by atoms with van der Waals surface area (Å²) >= 11 is 3.66. The number of esters is 1. The average Bonchev–Trinajstić information content (AvgIpc) is 3.03. The molecule has 1 heterocycles. The first kappa shape index (κ1) is 33.4. The number of carbonyl (C=O) groups excluding carboxylic acids is 1. The molecular formula is C35H41BrN2O5Si. The lowest BCUT2D eigenvalue weighted by Crippen LogP contribution is -2.66. The number of methoxy groups -OCH3 is 2. The van der Waals surface area contributed by atoms with Crippen LogP contribution < -0.4 is 25.2 Å². The van der Waals surface area contributed by atoms with E-state index in [0.717, 1.165) is 17.0 Å². The lowest BCUT2D eigenvalue weighted by atomic mass is 10.1. The standard InChI is InChI=1S/C35H41BrN2O5Si/c1-25(32-23-27(40-5)17-18-38-32)37-19-20-42-33-30(34(39)41-6)21-26(22-31(33)36)24-43-44(35(2,3)4,28-13-9-7-10-14-28)29-15-11-8-12-16-29/h7-18,21-23,25,37H,19-20,24H2,1-6H3/t25-/m0/s1. The highest BCUT2D eigenvalue weighted by Gasteiger charge is 2.50. The summed E-state index contributed by atoms with van der Waals surface area (Å²) in [6, 6.07) is 28.4. The zero-order chi connectivity index (χ0) is 31.7. The van der Waals surface area contributed by atoms with E-state index >= 15 is 0 Å². The molecule has 9 heteroatoms. The van der Waals surface area contributed by atoms with Crippen LogP contribution in [0.4, 0.5) is 0 Å². The quantitative estimate of drug-likeness (QED) is 0.0991. The molecule has 0 bridgehead atoms. The number of nitrogens with one attached hydrogen (secondary N) is 1. The molecule has 232 valence electrons. The number of aromatic nitrogens is 1. The number of nitrogens with zero attached hydrogens (tertiary/aromatic N) is 1. The van der Waals surface area contributed by atoms with Crippen LogP contribution in [0.25, 0.3) is 0 Å². The second-order valence-corrected chi connectivity index (χ2v) is 16.7. The third kappa shape index (κ3) is 7.58. The normalized spacial score (nSPS) is 12.4. The summed E-state index contributed by atoms with van der Waals surface area (Å²) in [5.41, 5.74) is 2.05. The Morgan fingerprint density at radius 3 is 2.16 bits per heavy atom. The zero-order valence-electron chi connectivity index (χ0n) is 26.2. The zero-order valence-corrected chi connectivity index (χ0v) is 28.8. The van der Waals surface area contributed by atoms with E-state index in [4.69, 9.17) is 18.6 Å². The smallest absolute Gasteiger partial charge is 0.341 e. The summed E-state index contributed by atoms with van der Waals surface area (Å²) in [4.78, 5) is 17.4. The van der Waals surface area contributed by atoms with Crippen LogP contribution in [-0.2, 0) is 15.8 Å². The topological polar surface area (TPSA) is 78.9 Å². The summed E-state index contributed by atoms with van der Waals surface area (Å²) in [6.07, 6.45) is 1.72. The number of carbonyl (C=O) groups is 1. The maximum Gasteiger partial charge on any atom is 0.341 e. The van der Waals surface area contributed by atoms with E-state index in [2.05, 4.69) is 95.5 Å². The fraction of sp³-hybridized carbons (Fsp3) is 0.314. The minimum absolute atomic E-state index is 0.0155. The highest BCUT2D eigenvalue weighted by atomic mass is 79.9. The molecule has 1 aromatic heterocycles. The van der Waals surface area contributed by atoms with E-state index in [9.17, 15) is 4.79 Å².